The second-order valence-corrected chi connectivity index (χ2v) is 5.04. The molecule has 0 bridgehead atoms. The lowest BCUT2D eigenvalue weighted by atomic mass is 10.2. The molecular formula is C14H18N6O2. The molecule has 116 valence electrons. The van der Waals surface area contributed by atoms with Crippen molar-refractivity contribution < 1.29 is 9.59 Å². The Balaban J connectivity index is 1.82. The van der Waals surface area contributed by atoms with Gasteiger partial charge >= 0.3 is 0 Å². The Hall–Kier alpha value is -2.77. The maximum absolute atomic E-state index is 11.8. The monoisotopic (exact) mass is 302 g/mol. The van der Waals surface area contributed by atoms with Crippen molar-refractivity contribution in [2.24, 2.45) is 5.92 Å². The van der Waals surface area contributed by atoms with Gasteiger partial charge in [-0.25, -0.2) is 4.68 Å². The minimum Gasteiger partial charge on any atom is -0.349 e. The first-order valence-corrected chi connectivity index (χ1v) is 6.92. The first-order chi connectivity index (χ1) is 10.5. The number of anilines is 1. The van der Waals surface area contributed by atoms with Crippen LogP contribution in [0.15, 0.2) is 30.6 Å². The Kier molecular flexibility index (Phi) is 5.18. The molecule has 22 heavy (non-hydrogen) atoms. The largest absolute Gasteiger partial charge is 0.349 e. The van der Waals surface area contributed by atoms with Crippen molar-refractivity contribution in [3.63, 3.8) is 0 Å². The fourth-order valence-electron chi connectivity index (χ4n) is 1.60. The van der Waals surface area contributed by atoms with E-state index in [9.17, 15) is 9.59 Å². The number of amides is 2. The van der Waals surface area contributed by atoms with Gasteiger partial charge in [-0.15, -0.1) is 5.10 Å². The Morgan fingerprint density at radius 2 is 2.14 bits per heavy atom. The van der Waals surface area contributed by atoms with Gasteiger partial charge in [0.25, 0.3) is 0 Å². The van der Waals surface area contributed by atoms with Crippen LogP contribution in [0.3, 0.4) is 0 Å². The Bertz CT molecular complexity index is 638. The molecule has 0 aliphatic rings. The molecule has 8 heteroatoms. The highest BCUT2D eigenvalue weighted by molar-refractivity contribution is 5.90. The van der Waals surface area contributed by atoms with E-state index in [2.05, 4.69) is 25.9 Å². The number of carbonyl (C=O) groups excluding carboxylic acids is 2. The van der Waals surface area contributed by atoms with Crippen molar-refractivity contribution in [2.45, 2.75) is 26.9 Å². The smallest absolute Gasteiger partial charge is 0.242 e. The van der Waals surface area contributed by atoms with Gasteiger partial charge in [0.05, 0.1) is 18.4 Å². The number of aromatic nitrogens is 4. The molecule has 0 aliphatic carbocycles. The predicted octanol–water partition coefficient (Wildman–Crippen LogP) is 0.584. The molecule has 0 atom stereocenters. The standard InChI is InChI=1S/C14H18N6O2/c1-10(2)14(22)17-12-8-20(19-18-12)9-13(21)16-7-11-5-3-4-6-15-11/h3-6,8,10H,7,9H2,1-2H3,(H,16,21)(H,17,22). The van der Waals surface area contributed by atoms with Crippen molar-refractivity contribution in [1.82, 2.24) is 25.3 Å². The Labute approximate surface area is 127 Å². The van der Waals surface area contributed by atoms with Crippen LogP contribution < -0.4 is 10.6 Å². The second-order valence-electron chi connectivity index (χ2n) is 5.04. The first-order valence-electron chi connectivity index (χ1n) is 6.92. The van der Waals surface area contributed by atoms with E-state index >= 15 is 0 Å². The van der Waals surface area contributed by atoms with E-state index in [0.29, 0.717) is 12.4 Å². The highest BCUT2D eigenvalue weighted by atomic mass is 16.2. The van der Waals surface area contributed by atoms with Crippen LogP contribution in [-0.4, -0.2) is 31.8 Å². The van der Waals surface area contributed by atoms with Gasteiger partial charge in [-0.05, 0) is 12.1 Å². The average molecular weight is 302 g/mol. The molecule has 0 radical (unpaired) electrons. The van der Waals surface area contributed by atoms with Crippen molar-refractivity contribution in [2.75, 3.05) is 5.32 Å². The lowest BCUT2D eigenvalue weighted by Gasteiger charge is -2.04. The zero-order chi connectivity index (χ0) is 15.9. The normalized spacial score (nSPS) is 10.5. The number of pyridine rings is 1. The molecule has 8 nitrogen and oxygen atoms in total. The SMILES string of the molecule is CC(C)C(=O)Nc1cn(CC(=O)NCc2ccccn2)nn1. The van der Waals surface area contributed by atoms with Crippen LogP contribution in [0.5, 0.6) is 0 Å². The van der Waals surface area contributed by atoms with E-state index in [1.54, 1.807) is 20.0 Å². The maximum atomic E-state index is 11.8. The minimum atomic E-state index is -0.211. The molecular weight excluding hydrogens is 284 g/mol. The van der Waals surface area contributed by atoms with Crippen LogP contribution in [0.1, 0.15) is 19.5 Å². The summed E-state index contributed by atoms with van der Waals surface area (Å²) in [5.41, 5.74) is 0.777. The summed E-state index contributed by atoms with van der Waals surface area (Å²) in [6, 6.07) is 5.50. The zero-order valence-electron chi connectivity index (χ0n) is 12.5. The third-order valence-corrected chi connectivity index (χ3v) is 2.81. The fraction of sp³-hybridized carbons (Fsp3) is 0.357. The van der Waals surface area contributed by atoms with Crippen molar-refractivity contribution in [3.8, 4) is 0 Å². The predicted molar refractivity (Wildman–Crippen MR) is 79.6 cm³/mol. The number of carbonyl (C=O) groups is 2. The minimum absolute atomic E-state index is 0.0252. The molecule has 0 aliphatic heterocycles. The van der Waals surface area contributed by atoms with E-state index in [-0.39, 0.29) is 24.3 Å². The molecule has 0 spiro atoms. The van der Waals surface area contributed by atoms with Gasteiger partial charge in [0.15, 0.2) is 5.82 Å². The Morgan fingerprint density at radius 1 is 1.32 bits per heavy atom. The number of nitrogens with one attached hydrogen (secondary N) is 2. The number of hydrogen-bond acceptors (Lipinski definition) is 5. The van der Waals surface area contributed by atoms with E-state index in [4.69, 9.17) is 0 Å². The van der Waals surface area contributed by atoms with E-state index in [0.717, 1.165) is 5.69 Å². The quantitative estimate of drug-likeness (QED) is 0.813. The number of hydrogen-bond donors (Lipinski definition) is 2. The van der Waals surface area contributed by atoms with E-state index < -0.39 is 0 Å². The van der Waals surface area contributed by atoms with Crippen LogP contribution in [0, 0.1) is 5.92 Å². The lowest BCUT2D eigenvalue weighted by molar-refractivity contribution is -0.122. The summed E-state index contributed by atoms with van der Waals surface area (Å²) in [7, 11) is 0. The highest BCUT2D eigenvalue weighted by Gasteiger charge is 2.11. The average Bonchev–Trinajstić information content (AvgIpc) is 2.93. The number of nitrogens with zero attached hydrogens (tertiary/aromatic N) is 4. The molecule has 2 heterocycles. The molecule has 2 aromatic heterocycles. The summed E-state index contributed by atoms with van der Waals surface area (Å²) in [6.07, 6.45) is 3.18. The van der Waals surface area contributed by atoms with Crippen LogP contribution in [0.4, 0.5) is 5.82 Å². The molecule has 2 amide bonds. The van der Waals surface area contributed by atoms with Crippen LogP contribution in [-0.2, 0) is 22.7 Å². The highest BCUT2D eigenvalue weighted by Crippen LogP contribution is 2.03. The van der Waals surface area contributed by atoms with Gasteiger partial charge in [-0.3, -0.25) is 14.6 Å². The van der Waals surface area contributed by atoms with E-state index in [1.807, 2.05) is 18.2 Å². The first kappa shape index (κ1) is 15.6. The van der Waals surface area contributed by atoms with Gasteiger partial charge in [0.1, 0.15) is 6.54 Å². The lowest BCUT2D eigenvalue weighted by Crippen LogP contribution is -2.27. The van der Waals surface area contributed by atoms with Crippen molar-refractivity contribution >= 4 is 17.6 Å². The van der Waals surface area contributed by atoms with E-state index in [1.165, 1.54) is 10.9 Å². The third-order valence-electron chi connectivity index (χ3n) is 2.81. The molecule has 0 unspecified atom stereocenters. The summed E-state index contributed by atoms with van der Waals surface area (Å²) >= 11 is 0. The summed E-state index contributed by atoms with van der Waals surface area (Å²) in [5.74, 6) is -0.174. The maximum Gasteiger partial charge on any atom is 0.242 e. The molecule has 2 rings (SSSR count). The van der Waals surface area contributed by atoms with Crippen LogP contribution >= 0.6 is 0 Å². The van der Waals surface area contributed by atoms with Gasteiger partial charge in [-0.2, -0.15) is 0 Å². The summed E-state index contributed by atoms with van der Waals surface area (Å²) in [5, 5.41) is 13.0. The second kappa shape index (κ2) is 7.30. The van der Waals surface area contributed by atoms with Gasteiger partial charge < -0.3 is 10.6 Å². The number of rotatable bonds is 6. The van der Waals surface area contributed by atoms with Crippen molar-refractivity contribution in [3.05, 3.63) is 36.3 Å². The van der Waals surface area contributed by atoms with Crippen LogP contribution in [0.2, 0.25) is 0 Å². The summed E-state index contributed by atoms with van der Waals surface area (Å²) in [4.78, 5) is 27.5. The topological polar surface area (TPSA) is 102 Å². The zero-order valence-corrected chi connectivity index (χ0v) is 12.5. The third kappa shape index (κ3) is 4.65. The molecule has 0 saturated heterocycles. The van der Waals surface area contributed by atoms with Gasteiger partial charge in [0.2, 0.25) is 11.8 Å². The Morgan fingerprint density at radius 3 is 2.82 bits per heavy atom. The van der Waals surface area contributed by atoms with Crippen molar-refractivity contribution in [1.29, 1.82) is 0 Å². The summed E-state index contributed by atoms with van der Waals surface area (Å²) in [6.45, 7) is 3.94. The molecule has 0 aromatic carbocycles. The molecule has 2 aromatic rings. The van der Waals surface area contributed by atoms with Gasteiger partial charge in [0, 0.05) is 12.1 Å². The van der Waals surface area contributed by atoms with Crippen LogP contribution in [0.25, 0.3) is 0 Å². The molecule has 0 fully saturated rings. The fourth-order valence-corrected chi connectivity index (χ4v) is 1.60. The van der Waals surface area contributed by atoms with Gasteiger partial charge in [-0.1, -0.05) is 25.1 Å². The summed E-state index contributed by atoms with van der Waals surface area (Å²) < 4.78 is 1.36. The molecule has 2 N–H and O–H groups in total. The molecule has 0 saturated carbocycles.